The Balaban J connectivity index is 1.26. The summed E-state index contributed by atoms with van der Waals surface area (Å²) in [5, 5.41) is 19.6. The van der Waals surface area contributed by atoms with Crippen molar-refractivity contribution in [1.82, 2.24) is 15.1 Å². The third-order valence-corrected chi connectivity index (χ3v) is 8.46. The van der Waals surface area contributed by atoms with Gasteiger partial charge in [0.25, 0.3) is 5.91 Å². The van der Waals surface area contributed by atoms with Crippen molar-refractivity contribution in [2.24, 2.45) is 5.92 Å². The molecule has 1 heterocycles. The molecule has 3 N–H and O–H groups in total. The van der Waals surface area contributed by atoms with Crippen molar-refractivity contribution in [2.45, 2.75) is 90.0 Å². The maximum absolute atomic E-state index is 13.5. The minimum absolute atomic E-state index is 0.0298. The second-order valence-corrected chi connectivity index (χ2v) is 11.9. The topological polar surface area (TPSA) is 132 Å². The summed E-state index contributed by atoms with van der Waals surface area (Å²) >= 11 is 0. The summed E-state index contributed by atoms with van der Waals surface area (Å²) in [7, 11) is 0. The smallest absolute Gasteiger partial charge is 0.356 e. The van der Waals surface area contributed by atoms with Crippen LogP contribution in [0.5, 0.6) is 5.75 Å². The van der Waals surface area contributed by atoms with Gasteiger partial charge in [0.05, 0.1) is 31.0 Å². The highest BCUT2D eigenvalue weighted by Crippen LogP contribution is 2.30. The number of hydrogen-bond acceptors (Lipinski definition) is 6. The number of carbonyl (C=O) groups is 3. The number of aromatic nitrogens is 2. The van der Waals surface area contributed by atoms with Crippen LogP contribution in [0.25, 0.3) is 0 Å². The number of amides is 2. The molecular weight excluding hydrogens is 560 g/mol. The molecule has 0 unspecified atom stereocenters. The van der Waals surface area contributed by atoms with Gasteiger partial charge in [0, 0.05) is 6.07 Å². The third-order valence-electron chi connectivity index (χ3n) is 8.46. The van der Waals surface area contributed by atoms with Gasteiger partial charge in [-0.05, 0) is 61.8 Å². The first-order valence-corrected chi connectivity index (χ1v) is 15.7. The van der Waals surface area contributed by atoms with Crippen LogP contribution in [0.3, 0.4) is 0 Å². The van der Waals surface area contributed by atoms with E-state index in [4.69, 9.17) is 9.47 Å². The summed E-state index contributed by atoms with van der Waals surface area (Å²) < 4.78 is 13.5. The molecule has 0 saturated heterocycles. The van der Waals surface area contributed by atoms with Gasteiger partial charge in [-0.3, -0.25) is 9.59 Å². The minimum atomic E-state index is -1.29. The number of rotatable bonds is 12. The number of aromatic carboxylic acids is 1. The van der Waals surface area contributed by atoms with Gasteiger partial charge < -0.3 is 25.2 Å². The SMILES string of the molecule is Cc1ccc(OCC2CCCCC2)c(NC(=O)c2cc(C(=O)O)nn2CC(=O)N[C@H]2CCCC[C@@H]2OCc2ccccc2)c1. The van der Waals surface area contributed by atoms with Gasteiger partial charge in [-0.25, -0.2) is 9.48 Å². The van der Waals surface area contributed by atoms with Crippen molar-refractivity contribution in [1.29, 1.82) is 0 Å². The fourth-order valence-electron chi connectivity index (χ4n) is 6.07. The van der Waals surface area contributed by atoms with Gasteiger partial charge in [0.15, 0.2) is 5.69 Å². The van der Waals surface area contributed by atoms with Crippen molar-refractivity contribution >= 4 is 23.5 Å². The molecule has 10 nitrogen and oxygen atoms in total. The highest BCUT2D eigenvalue weighted by molar-refractivity contribution is 6.05. The van der Waals surface area contributed by atoms with E-state index >= 15 is 0 Å². The molecule has 5 rings (SSSR count). The first kappa shape index (κ1) is 31.3. The molecule has 0 aliphatic heterocycles. The lowest BCUT2D eigenvalue weighted by Crippen LogP contribution is -2.47. The molecule has 44 heavy (non-hydrogen) atoms. The van der Waals surface area contributed by atoms with Gasteiger partial charge in [-0.15, -0.1) is 0 Å². The maximum Gasteiger partial charge on any atom is 0.356 e. The lowest BCUT2D eigenvalue weighted by Gasteiger charge is -2.32. The molecule has 2 fully saturated rings. The number of hydrogen-bond donors (Lipinski definition) is 3. The zero-order valence-electron chi connectivity index (χ0n) is 25.3. The van der Waals surface area contributed by atoms with Crippen LogP contribution < -0.4 is 15.4 Å². The standard InChI is InChI=1S/C34H42N4O6/c1-23-16-17-31(44-22-25-12-6-3-7-13-25)27(18-23)36-33(40)29-19-28(34(41)42)37-38(29)20-32(39)35-26-14-8-9-15-30(26)43-21-24-10-4-2-5-11-24/h2,4-5,10-11,16-19,25-26,30H,3,6-9,12-15,20-22H2,1H3,(H,35,39)(H,36,40)(H,41,42)/t26-,30-/m0/s1. The monoisotopic (exact) mass is 602 g/mol. The van der Waals surface area contributed by atoms with Crippen LogP contribution in [0, 0.1) is 12.8 Å². The fourth-order valence-corrected chi connectivity index (χ4v) is 6.07. The van der Waals surface area contributed by atoms with Crippen molar-refractivity contribution in [3.63, 3.8) is 0 Å². The highest BCUT2D eigenvalue weighted by Gasteiger charge is 2.28. The Labute approximate surface area is 258 Å². The van der Waals surface area contributed by atoms with Crippen LogP contribution in [0.1, 0.15) is 89.9 Å². The number of benzene rings is 2. The van der Waals surface area contributed by atoms with E-state index in [-0.39, 0.29) is 36.0 Å². The molecule has 2 aromatic carbocycles. The van der Waals surface area contributed by atoms with E-state index in [1.54, 1.807) is 0 Å². The molecule has 234 valence electrons. The van der Waals surface area contributed by atoms with E-state index in [9.17, 15) is 19.5 Å². The summed E-state index contributed by atoms with van der Waals surface area (Å²) in [6.45, 7) is 2.63. The van der Waals surface area contributed by atoms with Crippen LogP contribution in [-0.2, 0) is 22.7 Å². The molecule has 2 amide bonds. The molecule has 2 atom stereocenters. The molecule has 10 heteroatoms. The number of carboxylic acids is 1. The first-order chi connectivity index (χ1) is 21.4. The van der Waals surface area contributed by atoms with Gasteiger partial charge >= 0.3 is 5.97 Å². The summed E-state index contributed by atoms with van der Waals surface area (Å²) in [4.78, 5) is 38.5. The minimum Gasteiger partial charge on any atom is -0.491 e. The second kappa shape index (κ2) is 15.0. The van der Waals surface area contributed by atoms with Gasteiger partial charge in [-0.2, -0.15) is 5.10 Å². The van der Waals surface area contributed by atoms with E-state index in [0.717, 1.165) is 54.3 Å². The molecule has 2 saturated carbocycles. The molecule has 2 aliphatic rings. The van der Waals surface area contributed by atoms with Crippen LogP contribution >= 0.6 is 0 Å². The number of nitrogens with zero attached hydrogens (tertiary/aromatic N) is 2. The predicted molar refractivity (Wildman–Crippen MR) is 166 cm³/mol. The zero-order chi connectivity index (χ0) is 30.9. The summed E-state index contributed by atoms with van der Waals surface area (Å²) in [5.74, 6) is -1.19. The van der Waals surface area contributed by atoms with Crippen molar-refractivity contribution in [3.8, 4) is 5.75 Å². The number of carboxylic acid groups (broad SMARTS) is 1. The number of ether oxygens (including phenoxy) is 2. The Bertz CT molecular complexity index is 1430. The zero-order valence-corrected chi connectivity index (χ0v) is 25.3. The predicted octanol–water partition coefficient (Wildman–Crippen LogP) is 5.75. The molecule has 0 radical (unpaired) electrons. The van der Waals surface area contributed by atoms with Crippen LogP contribution in [0.15, 0.2) is 54.6 Å². The molecule has 3 aromatic rings. The fraction of sp³-hybridized carbons (Fsp3) is 0.471. The van der Waals surface area contributed by atoms with Crippen LogP contribution in [0.4, 0.5) is 5.69 Å². The largest absolute Gasteiger partial charge is 0.491 e. The maximum atomic E-state index is 13.5. The van der Waals surface area contributed by atoms with E-state index in [2.05, 4.69) is 15.7 Å². The number of nitrogens with one attached hydrogen (secondary N) is 2. The lowest BCUT2D eigenvalue weighted by molar-refractivity contribution is -0.124. The summed E-state index contributed by atoms with van der Waals surface area (Å²) in [6.07, 6.45) is 9.38. The number of carbonyl (C=O) groups excluding carboxylic acids is 2. The van der Waals surface area contributed by atoms with Crippen molar-refractivity contribution in [3.05, 3.63) is 77.1 Å². The quantitative estimate of drug-likeness (QED) is 0.241. The highest BCUT2D eigenvalue weighted by atomic mass is 16.5. The molecular formula is C34H42N4O6. The molecule has 1 aromatic heterocycles. The van der Waals surface area contributed by atoms with Crippen molar-refractivity contribution < 1.29 is 29.0 Å². The Hall–Kier alpha value is -4.18. The van der Waals surface area contributed by atoms with Gasteiger partial charge in [0.2, 0.25) is 5.91 Å². The van der Waals surface area contributed by atoms with Gasteiger partial charge in [0.1, 0.15) is 18.0 Å². The first-order valence-electron chi connectivity index (χ1n) is 15.7. The van der Waals surface area contributed by atoms with Gasteiger partial charge in [-0.1, -0.05) is 68.5 Å². The summed E-state index contributed by atoms with van der Waals surface area (Å²) in [5.41, 5.74) is 2.13. The lowest BCUT2D eigenvalue weighted by atomic mass is 9.90. The van der Waals surface area contributed by atoms with Crippen LogP contribution in [0.2, 0.25) is 0 Å². The normalized spacial score (nSPS) is 18.8. The summed E-state index contributed by atoms with van der Waals surface area (Å²) in [6, 6.07) is 16.5. The average Bonchev–Trinajstić information content (AvgIpc) is 3.45. The van der Waals surface area contributed by atoms with E-state index < -0.39 is 11.9 Å². The molecule has 0 spiro atoms. The van der Waals surface area contributed by atoms with E-state index in [0.29, 0.717) is 30.6 Å². The molecule has 2 aliphatic carbocycles. The van der Waals surface area contributed by atoms with Crippen molar-refractivity contribution in [2.75, 3.05) is 11.9 Å². The Kier molecular flexibility index (Phi) is 10.7. The van der Waals surface area contributed by atoms with Crippen LogP contribution in [-0.4, -0.2) is 51.4 Å². The molecule has 0 bridgehead atoms. The van der Waals surface area contributed by atoms with E-state index in [1.165, 1.54) is 25.3 Å². The Morgan fingerprint density at radius 2 is 1.70 bits per heavy atom. The second-order valence-electron chi connectivity index (χ2n) is 11.9. The average molecular weight is 603 g/mol. The Morgan fingerprint density at radius 1 is 0.955 bits per heavy atom. The number of aryl methyl sites for hydroxylation is 1. The Morgan fingerprint density at radius 3 is 2.48 bits per heavy atom. The third kappa shape index (κ3) is 8.47. The van der Waals surface area contributed by atoms with E-state index in [1.807, 2.05) is 55.5 Å². The number of anilines is 1.